The maximum atomic E-state index is 13.2. The highest BCUT2D eigenvalue weighted by Crippen LogP contribution is 2.27. The van der Waals surface area contributed by atoms with Crippen molar-refractivity contribution in [2.45, 2.75) is 13.0 Å². The minimum atomic E-state index is -0.850. The van der Waals surface area contributed by atoms with Crippen molar-refractivity contribution in [3.63, 3.8) is 0 Å². The van der Waals surface area contributed by atoms with E-state index in [2.05, 4.69) is 25.5 Å². The SMILES string of the molecule is [2H]O[C@H](c1ccc(F)cc1)c1nc(Nc2cc(C)[nH]n2)c2ccccc2n1. The van der Waals surface area contributed by atoms with E-state index in [0.29, 0.717) is 28.5 Å². The summed E-state index contributed by atoms with van der Waals surface area (Å²) in [5, 5.41) is 15.9. The molecule has 0 aliphatic rings. The smallest absolute Gasteiger partial charge is 0.212 e. The maximum absolute atomic E-state index is 13.2. The van der Waals surface area contributed by atoms with Gasteiger partial charge in [0.25, 0.3) is 0 Å². The third-order valence-corrected chi connectivity index (χ3v) is 3.98. The van der Waals surface area contributed by atoms with Gasteiger partial charge in [0.2, 0.25) is 1.43 Å². The molecule has 2 aromatic heterocycles. The van der Waals surface area contributed by atoms with Crippen molar-refractivity contribution in [2.24, 2.45) is 0 Å². The Kier molecular flexibility index (Phi) is 3.76. The number of H-pyrrole nitrogens is 1. The highest BCUT2D eigenvalue weighted by Gasteiger charge is 2.17. The van der Waals surface area contributed by atoms with Crippen molar-refractivity contribution in [3.05, 3.63) is 77.5 Å². The van der Waals surface area contributed by atoms with Gasteiger partial charge < -0.3 is 10.4 Å². The van der Waals surface area contributed by atoms with Crippen molar-refractivity contribution in [1.82, 2.24) is 20.2 Å². The van der Waals surface area contributed by atoms with Gasteiger partial charge in [-0.15, -0.1) is 0 Å². The Bertz CT molecular complexity index is 1080. The van der Waals surface area contributed by atoms with Crippen LogP contribution in [0.1, 0.15) is 23.2 Å². The summed E-state index contributed by atoms with van der Waals surface area (Å²) >= 11 is 0. The Balaban J connectivity index is 1.81. The van der Waals surface area contributed by atoms with Gasteiger partial charge in [0.05, 0.1) is 5.52 Å². The first kappa shape index (κ1) is 15.0. The summed E-state index contributed by atoms with van der Waals surface area (Å²) in [6, 6.07) is 15.1. The standard InChI is InChI=1S/C19H16FN5O/c1-11-10-16(25-24-11)22-18-14-4-2-3-5-15(14)21-19(23-18)17(26)12-6-8-13(20)9-7-12/h2-10,17,26H,1H3,(H2,21,22,23,24,25)/t17-/m1/s1/i26D. The second-order valence-corrected chi connectivity index (χ2v) is 5.94. The summed E-state index contributed by atoms with van der Waals surface area (Å²) in [6.07, 6.45) is -0.850. The van der Waals surface area contributed by atoms with E-state index in [1.54, 1.807) is 12.1 Å². The molecule has 6 nitrogen and oxygen atoms in total. The molecule has 0 aliphatic carbocycles. The first-order chi connectivity index (χ1) is 13.1. The predicted molar refractivity (Wildman–Crippen MR) is 96.6 cm³/mol. The number of hydrogen-bond acceptors (Lipinski definition) is 5. The lowest BCUT2D eigenvalue weighted by molar-refractivity contribution is 0.210. The number of nitrogens with zero attached hydrogens (tertiary/aromatic N) is 3. The molecule has 4 aromatic rings. The molecule has 7 heteroatoms. The quantitative estimate of drug-likeness (QED) is 0.512. The predicted octanol–water partition coefficient (Wildman–Crippen LogP) is 3.63. The van der Waals surface area contributed by atoms with Gasteiger partial charge in [-0.05, 0) is 36.8 Å². The number of halogens is 1. The van der Waals surface area contributed by atoms with Crippen LogP contribution < -0.4 is 5.32 Å². The molecule has 26 heavy (non-hydrogen) atoms. The molecule has 0 aliphatic heterocycles. The number of hydrogen-bond donors (Lipinski definition) is 3. The van der Waals surface area contributed by atoms with Crippen LogP contribution in [0, 0.1) is 12.7 Å². The fraction of sp³-hybridized carbons (Fsp3) is 0.105. The number of aromatic nitrogens is 4. The Hall–Kier alpha value is -3.32. The average molecular weight is 350 g/mol. The Morgan fingerprint density at radius 1 is 1.15 bits per heavy atom. The molecule has 0 saturated carbocycles. The first-order valence-corrected chi connectivity index (χ1v) is 8.07. The number of anilines is 2. The van der Waals surface area contributed by atoms with E-state index in [1.165, 1.54) is 12.1 Å². The first-order valence-electron chi connectivity index (χ1n) is 8.48. The Morgan fingerprint density at radius 3 is 2.69 bits per heavy atom. The molecule has 3 N–H and O–H groups in total. The van der Waals surface area contributed by atoms with Gasteiger partial charge in [-0.2, -0.15) is 5.10 Å². The second-order valence-electron chi connectivity index (χ2n) is 5.94. The molecule has 0 unspecified atom stereocenters. The summed E-state index contributed by atoms with van der Waals surface area (Å²) in [4.78, 5) is 9.10. The molecule has 0 radical (unpaired) electrons. The third kappa shape index (κ3) is 3.12. The Morgan fingerprint density at radius 2 is 1.96 bits per heavy atom. The van der Waals surface area contributed by atoms with Gasteiger partial charge in [0, 0.05) is 17.1 Å². The number of aryl methyl sites for hydroxylation is 1. The van der Waals surface area contributed by atoms with Gasteiger partial charge in [-0.25, -0.2) is 14.4 Å². The van der Waals surface area contributed by atoms with Crippen LogP contribution in [0.3, 0.4) is 0 Å². The molecule has 1 atom stereocenters. The summed E-state index contributed by atoms with van der Waals surface area (Å²) in [7, 11) is 0. The average Bonchev–Trinajstić information content (AvgIpc) is 3.09. The van der Waals surface area contributed by atoms with Crippen LogP contribution in [-0.2, 0) is 0 Å². The summed E-state index contributed by atoms with van der Waals surface area (Å²) in [5.74, 6) is 1.10. The second kappa shape index (κ2) is 6.53. The number of nitrogens with one attached hydrogen (secondary N) is 2. The van der Waals surface area contributed by atoms with Crippen molar-refractivity contribution >= 4 is 22.5 Å². The maximum Gasteiger partial charge on any atom is 0.212 e. The van der Waals surface area contributed by atoms with Crippen LogP contribution in [0.5, 0.6) is 0 Å². The zero-order chi connectivity index (χ0) is 18.8. The molecule has 130 valence electrons. The third-order valence-electron chi connectivity index (χ3n) is 3.98. The van der Waals surface area contributed by atoms with Crippen molar-refractivity contribution in [2.75, 3.05) is 5.32 Å². The molecule has 0 spiro atoms. The highest BCUT2D eigenvalue weighted by atomic mass is 19.1. The zero-order valence-electron chi connectivity index (χ0n) is 14.9. The molecule has 4 rings (SSSR count). The summed E-state index contributed by atoms with van der Waals surface area (Å²) in [5.41, 5.74) is 2.19. The molecule has 0 bridgehead atoms. The topological polar surface area (TPSA) is 86.7 Å². The number of aliphatic hydroxyl groups is 1. The van der Waals surface area contributed by atoms with E-state index < -0.39 is 6.10 Å². The number of aliphatic hydroxyl groups excluding tert-OH is 1. The van der Waals surface area contributed by atoms with Crippen LogP contribution in [0.25, 0.3) is 10.9 Å². The molecule has 2 heterocycles. The lowest BCUT2D eigenvalue weighted by Crippen LogP contribution is -2.08. The van der Waals surface area contributed by atoms with Gasteiger partial charge >= 0.3 is 0 Å². The number of rotatable bonds is 5. The highest BCUT2D eigenvalue weighted by molar-refractivity contribution is 5.90. The van der Waals surface area contributed by atoms with Gasteiger partial charge in [0.15, 0.2) is 11.6 Å². The molecule has 0 amide bonds. The van der Waals surface area contributed by atoms with Crippen LogP contribution in [-0.4, -0.2) is 26.7 Å². The monoisotopic (exact) mass is 350 g/mol. The Labute approximate surface area is 150 Å². The largest absolute Gasteiger partial charge is 0.380 e. The van der Waals surface area contributed by atoms with Crippen molar-refractivity contribution < 1.29 is 9.50 Å². The zero-order valence-corrected chi connectivity index (χ0v) is 13.9. The van der Waals surface area contributed by atoms with E-state index in [1.807, 2.05) is 37.3 Å². The number of fused-ring (bicyclic) bond motifs is 1. The van der Waals surface area contributed by atoms with E-state index in [4.69, 9.17) is 6.54 Å². The van der Waals surface area contributed by atoms with E-state index >= 15 is 0 Å². The number of benzene rings is 2. The summed E-state index contributed by atoms with van der Waals surface area (Å²) in [6.45, 7) is 1.90. The van der Waals surface area contributed by atoms with Crippen LogP contribution in [0.4, 0.5) is 16.0 Å². The molecule has 0 fully saturated rings. The minimum absolute atomic E-state index is 0.296. The molecular formula is C19H16FN5O. The fourth-order valence-electron chi connectivity index (χ4n) is 2.70. The number of para-hydroxylation sites is 1. The molecule has 2 aromatic carbocycles. The van der Waals surface area contributed by atoms with Crippen LogP contribution in [0.15, 0.2) is 54.6 Å². The summed E-state index contributed by atoms with van der Waals surface area (Å²) < 4.78 is 20.7. The van der Waals surface area contributed by atoms with E-state index in [0.717, 1.165) is 11.1 Å². The van der Waals surface area contributed by atoms with Crippen molar-refractivity contribution in [1.29, 1.82) is 1.43 Å². The number of aromatic amines is 1. The molecule has 0 saturated heterocycles. The lowest BCUT2D eigenvalue weighted by Gasteiger charge is -2.13. The van der Waals surface area contributed by atoms with E-state index in [9.17, 15) is 4.39 Å². The van der Waals surface area contributed by atoms with Crippen LogP contribution in [0.2, 0.25) is 0 Å². The van der Waals surface area contributed by atoms with Gasteiger partial charge in [-0.1, -0.05) is 24.3 Å². The lowest BCUT2D eigenvalue weighted by atomic mass is 10.1. The minimum Gasteiger partial charge on any atom is -0.380 e. The normalized spacial score (nSPS) is 12.8. The van der Waals surface area contributed by atoms with Crippen LogP contribution >= 0.6 is 0 Å². The van der Waals surface area contributed by atoms with E-state index in [-0.39, 0.29) is 5.82 Å². The fourth-order valence-corrected chi connectivity index (χ4v) is 2.70. The van der Waals surface area contributed by atoms with Gasteiger partial charge in [-0.3, -0.25) is 5.10 Å². The van der Waals surface area contributed by atoms with Crippen molar-refractivity contribution in [3.8, 4) is 0 Å². The molecular weight excluding hydrogens is 333 g/mol. The van der Waals surface area contributed by atoms with Gasteiger partial charge in [0.1, 0.15) is 17.7 Å².